The predicted molar refractivity (Wildman–Crippen MR) is 85.9 cm³/mol. The van der Waals surface area contributed by atoms with Gasteiger partial charge in [0, 0.05) is 10.2 Å². The van der Waals surface area contributed by atoms with E-state index in [0.29, 0.717) is 0 Å². The molecule has 1 atom stereocenters. The first-order valence-corrected chi connectivity index (χ1v) is 7.86. The van der Waals surface area contributed by atoms with Crippen molar-refractivity contribution in [3.8, 4) is 0 Å². The summed E-state index contributed by atoms with van der Waals surface area (Å²) in [5.74, 6) is -0.462. The zero-order valence-corrected chi connectivity index (χ0v) is 13.6. The Kier molecular flexibility index (Phi) is 5.36. The number of piperidine rings is 1. The van der Waals surface area contributed by atoms with E-state index in [1.54, 1.807) is 0 Å². The minimum Gasteiger partial charge on any atom is -0.368 e. The van der Waals surface area contributed by atoms with Gasteiger partial charge in [0.2, 0.25) is 11.8 Å². The van der Waals surface area contributed by atoms with Crippen LogP contribution in [0.15, 0.2) is 22.7 Å². The lowest BCUT2D eigenvalue weighted by Gasteiger charge is -2.32. The number of carbonyl (C=O) groups excluding carboxylic acids is 2. The molecule has 114 valence electrons. The number of nitrogens with two attached hydrogens (primary N) is 1. The molecule has 1 fully saturated rings. The normalized spacial score (nSPS) is 19.2. The van der Waals surface area contributed by atoms with E-state index in [0.717, 1.165) is 41.5 Å². The van der Waals surface area contributed by atoms with Gasteiger partial charge in [-0.3, -0.25) is 14.5 Å². The highest BCUT2D eigenvalue weighted by Gasteiger charge is 2.28. The topological polar surface area (TPSA) is 75.4 Å². The smallest absolute Gasteiger partial charge is 0.238 e. The summed E-state index contributed by atoms with van der Waals surface area (Å²) in [6.07, 6.45) is 2.71. The molecule has 0 saturated carbocycles. The summed E-state index contributed by atoms with van der Waals surface area (Å²) in [5, 5.41) is 2.89. The van der Waals surface area contributed by atoms with Crippen LogP contribution >= 0.6 is 15.9 Å². The molecule has 5 nitrogen and oxygen atoms in total. The predicted octanol–water partition coefficient (Wildman–Crippen LogP) is 2.04. The Bertz CT molecular complexity index is 548. The summed E-state index contributed by atoms with van der Waals surface area (Å²) in [4.78, 5) is 25.5. The van der Waals surface area contributed by atoms with Crippen LogP contribution < -0.4 is 11.1 Å². The number of benzene rings is 1. The van der Waals surface area contributed by atoms with Gasteiger partial charge < -0.3 is 11.1 Å². The van der Waals surface area contributed by atoms with Crippen molar-refractivity contribution in [2.24, 2.45) is 5.73 Å². The number of hydrogen-bond donors (Lipinski definition) is 2. The van der Waals surface area contributed by atoms with E-state index in [1.165, 1.54) is 0 Å². The Labute approximate surface area is 133 Å². The summed E-state index contributed by atoms with van der Waals surface area (Å²) < 4.78 is 0.975. The van der Waals surface area contributed by atoms with Crippen molar-refractivity contribution in [2.45, 2.75) is 32.2 Å². The second-order valence-electron chi connectivity index (χ2n) is 5.39. The molecule has 0 bridgehead atoms. The minimum atomic E-state index is -0.345. The lowest BCUT2D eigenvalue weighted by Crippen LogP contribution is -2.50. The zero-order chi connectivity index (χ0) is 15.4. The summed E-state index contributed by atoms with van der Waals surface area (Å²) in [5.41, 5.74) is 7.19. The van der Waals surface area contributed by atoms with Crippen LogP contribution in [0.3, 0.4) is 0 Å². The number of primary amides is 1. The Balaban J connectivity index is 1.98. The van der Waals surface area contributed by atoms with Crippen LogP contribution in [-0.4, -0.2) is 35.8 Å². The fraction of sp³-hybridized carbons (Fsp3) is 0.467. The molecule has 6 heteroatoms. The third kappa shape index (κ3) is 4.28. The lowest BCUT2D eigenvalue weighted by molar-refractivity contribution is -0.126. The van der Waals surface area contributed by atoms with Crippen LogP contribution in [0.25, 0.3) is 0 Å². The van der Waals surface area contributed by atoms with Crippen LogP contribution in [0.2, 0.25) is 0 Å². The van der Waals surface area contributed by atoms with Crippen molar-refractivity contribution < 1.29 is 9.59 Å². The first-order valence-electron chi connectivity index (χ1n) is 7.07. The van der Waals surface area contributed by atoms with Gasteiger partial charge in [-0.15, -0.1) is 0 Å². The van der Waals surface area contributed by atoms with Crippen molar-refractivity contribution in [1.29, 1.82) is 0 Å². The monoisotopic (exact) mass is 353 g/mol. The Morgan fingerprint density at radius 1 is 1.43 bits per heavy atom. The lowest BCUT2D eigenvalue weighted by atomic mass is 10.0. The second-order valence-corrected chi connectivity index (χ2v) is 6.31. The SMILES string of the molecule is Cc1cc(Br)ccc1NC(=O)CN1CCCCC1C(N)=O. The highest BCUT2D eigenvalue weighted by Crippen LogP contribution is 2.21. The van der Waals surface area contributed by atoms with E-state index in [-0.39, 0.29) is 24.4 Å². The standard InChI is InChI=1S/C15H20BrN3O2/c1-10-8-11(16)5-6-12(10)18-14(20)9-19-7-3-2-4-13(19)15(17)21/h5-6,8,13H,2-4,7,9H2,1H3,(H2,17,21)(H,18,20). The third-order valence-corrected chi connectivity index (χ3v) is 4.24. The van der Waals surface area contributed by atoms with Crippen LogP contribution in [0.4, 0.5) is 5.69 Å². The number of anilines is 1. The molecule has 1 saturated heterocycles. The van der Waals surface area contributed by atoms with Gasteiger partial charge >= 0.3 is 0 Å². The maximum absolute atomic E-state index is 12.2. The van der Waals surface area contributed by atoms with Crippen molar-refractivity contribution in [3.05, 3.63) is 28.2 Å². The molecule has 0 aliphatic carbocycles. The average molecular weight is 354 g/mol. The molecule has 3 N–H and O–H groups in total. The van der Waals surface area contributed by atoms with Crippen molar-refractivity contribution in [2.75, 3.05) is 18.4 Å². The van der Waals surface area contributed by atoms with E-state index in [1.807, 2.05) is 30.0 Å². The molecular formula is C15H20BrN3O2. The molecule has 1 aromatic carbocycles. The molecule has 0 aromatic heterocycles. The van der Waals surface area contributed by atoms with E-state index < -0.39 is 0 Å². The Morgan fingerprint density at radius 3 is 2.86 bits per heavy atom. The molecule has 2 amide bonds. The van der Waals surface area contributed by atoms with Crippen LogP contribution in [-0.2, 0) is 9.59 Å². The number of hydrogen-bond acceptors (Lipinski definition) is 3. The zero-order valence-electron chi connectivity index (χ0n) is 12.1. The quantitative estimate of drug-likeness (QED) is 0.869. The summed E-state index contributed by atoms with van der Waals surface area (Å²) in [6.45, 7) is 2.87. The van der Waals surface area contributed by atoms with Gasteiger partial charge in [0.15, 0.2) is 0 Å². The molecule has 21 heavy (non-hydrogen) atoms. The molecule has 0 radical (unpaired) electrons. The van der Waals surface area contributed by atoms with Crippen molar-refractivity contribution in [1.82, 2.24) is 4.90 Å². The Hall–Kier alpha value is -1.40. The number of aryl methyl sites for hydroxylation is 1. The van der Waals surface area contributed by atoms with Gasteiger partial charge in [-0.1, -0.05) is 22.4 Å². The van der Waals surface area contributed by atoms with Gasteiger partial charge in [0.25, 0.3) is 0 Å². The third-order valence-electron chi connectivity index (χ3n) is 3.75. The molecule has 1 aliphatic heterocycles. The van der Waals surface area contributed by atoms with Gasteiger partial charge in [0.1, 0.15) is 0 Å². The molecule has 1 unspecified atom stereocenters. The fourth-order valence-corrected chi connectivity index (χ4v) is 3.12. The maximum atomic E-state index is 12.2. The molecular weight excluding hydrogens is 334 g/mol. The number of rotatable bonds is 4. The van der Waals surface area contributed by atoms with E-state index in [9.17, 15) is 9.59 Å². The average Bonchev–Trinajstić information content (AvgIpc) is 2.42. The Morgan fingerprint density at radius 2 is 2.19 bits per heavy atom. The van der Waals surface area contributed by atoms with Gasteiger partial charge in [0.05, 0.1) is 12.6 Å². The van der Waals surface area contributed by atoms with Gasteiger partial charge in [-0.2, -0.15) is 0 Å². The van der Waals surface area contributed by atoms with Crippen molar-refractivity contribution in [3.63, 3.8) is 0 Å². The van der Waals surface area contributed by atoms with Gasteiger partial charge in [-0.05, 0) is 50.1 Å². The van der Waals surface area contributed by atoms with Crippen LogP contribution in [0, 0.1) is 6.92 Å². The number of likely N-dealkylation sites (tertiary alicyclic amines) is 1. The minimum absolute atomic E-state index is 0.117. The highest BCUT2D eigenvalue weighted by molar-refractivity contribution is 9.10. The summed E-state index contributed by atoms with van der Waals surface area (Å²) in [7, 11) is 0. The number of nitrogens with zero attached hydrogens (tertiary/aromatic N) is 1. The highest BCUT2D eigenvalue weighted by atomic mass is 79.9. The van der Waals surface area contributed by atoms with Gasteiger partial charge in [-0.25, -0.2) is 0 Å². The largest absolute Gasteiger partial charge is 0.368 e. The fourth-order valence-electron chi connectivity index (χ4n) is 2.64. The van der Waals surface area contributed by atoms with Crippen LogP contribution in [0.5, 0.6) is 0 Å². The van der Waals surface area contributed by atoms with E-state index in [4.69, 9.17) is 5.73 Å². The van der Waals surface area contributed by atoms with E-state index >= 15 is 0 Å². The first kappa shape index (κ1) is 16.0. The van der Waals surface area contributed by atoms with Crippen LogP contribution in [0.1, 0.15) is 24.8 Å². The van der Waals surface area contributed by atoms with Crippen molar-refractivity contribution >= 4 is 33.4 Å². The molecule has 1 aliphatic rings. The summed E-state index contributed by atoms with van der Waals surface area (Å²) in [6, 6.07) is 5.37. The summed E-state index contributed by atoms with van der Waals surface area (Å²) >= 11 is 3.39. The maximum Gasteiger partial charge on any atom is 0.238 e. The number of nitrogens with one attached hydrogen (secondary N) is 1. The second kappa shape index (κ2) is 7.04. The van der Waals surface area contributed by atoms with E-state index in [2.05, 4.69) is 21.2 Å². The molecule has 0 spiro atoms. The first-order chi connectivity index (χ1) is 9.97. The molecule has 1 aromatic rings. The molecule has 2 rings (SSSR count). The molecule has 1 heterocycles. The number of halogens is 1. The number of carbonyl (C=O) groups is 2. The number of amides is 2.